The fraction of sp³-hybridized carbons (Fsp3) is 0.259. The summed E-state index contributed by atoms with van der Waals surface area (Å²) in [6.07, 6.45) is 0.786. The van der Waals surface area contributed by atoms with Crippen molar-refractivity contribution >= 4 is 35.0 Å². The number of carbonyl (C=O) groups excluding carboxylic acids is 2. The lowest BCUT2D eigenvalue weighted by molar-refractivity contribution is -0.138. The summed E-state index contributed by atoms with van der Waals surface area (Å²) < 4.78 is 0. The maximum Gasteiger partial charge on any atom is 0.255 e. The fourth-order valence-electron chi connectivity index (χ4n) is 5.01. The molecule has 6 nitrogen and oxygen atoms in total. The van der Waals surface area contributed by atoms with Gasteiger partial charge in [0.25, 0.3) is 11.8 Å². The molecule has 0 aromatic heterocycles. The van der Waals surface area contributed by atoms with E-state index in [1.165, 1.54) is 0 Å². The number of nitrogens with zero attached hydrogens (tertiary/aromatic N) is 1. The molecule has 2 N–H and O–H groups in total. The zero-order chi connectivity index (χ0) is 24.4. The van der Waals surface area contributed by atoms with Crippen molar-refractivity contribution in [1.29, 1.82) is 0 Å². The molecule has 2 heterocycles. The molecule has 0 bridgehead atoms. The van der Waals surface area contributed by atoms with E-state index in [2.05, 4.69) is 10.8 Å². The van der Waals surface area contributed by atoms with E-state index in [4.69, 9.17) is 28.0 Å². The standard InChI is InChI=1S/C27H25Cl2N3O3/c28-18-10-11-22(23(29)14-18)25-24(26(33)31-35-16-17-6-2-1-3-7-17)20-8-4-5-9-21(20)27(34)32(25)19-12-13-30-15-19/h1-11,14,19,24-25,30H,12-13,15-16H2,(H,31,33)/t19-,24+,25-/m0/s1. The predicted octanol–water partition coefficient (Wildman–Crippen LogP) is 4.88. The molecule has 2 aliphatic heterocycles. The lowest BCUT2D eigenvalue weighted by Crippen LogP contribution is -2.52. The molecule has 5 rings (SSSR count). The first-order valence-electron chi connectivity index (χ1n) is 11.6. The maximum atomic E-state index is 13.8. The van der Waals surface area contributed by atoms with Gasteiger partial charge in [-0.2, -0.15) is 0 Å². The summed E-state index contributed by atoms with van der Waals surface area (Å²) in [6, 6.07) is 21.3. The molecule has 0 radical (unpaired) electrons. The maximum absolute atomic E-state index is 13.8. The number of hydroxylamine groups is 1. The molecule has 3 aromatic rings. The lowest BCUT2D eigenvalue weighted by atomic mass is 9.78. The van der Waals surface area contributed by atoms with Crippen LogP contribution in [-0.4, -0.2) is 35.8 Å². The van der Waals surface area contributed by atoms with Crippen LogP contribution in [0.15, 0.2) is 72.8 Å². The molecule has 2 amide bonds. The highest BCUT2D eigenvalue weighted by Crippen LogP contribution is 2.46. The topological polar surface area (TPSA) is 70.7 Å². The predicted molar refractivity (Wildman–Crippen MR) is 135 cm³/mol. The van der Waals surface area contributed by atoms with Gasteiger partial charge in [0.2, 0.25) is 0 Å². The number of halogens is 2. The first-order valence-corrected chi connectivity index (χ1v) is 12.3. The molecular formula is C27H25Cl2N3O3. The molecule has 0 aliphatic carbocycles. The Morgan fingerprint density at radius 2 is 1.80 bits per heavy atom. The van der Waals surface area contributed by atoms with Crippen LogP contribution >= 0.6 is 23.2 Å². The first kappa shape index (κ1) is 23.8. The summed E-state index contributed by atoms with van der Waals surface area (Å²) >= 11 is 12.8. The SMILES string of the molecule is O=C(NOCc1ccccc1)[C@@H]1c2ccccc2C(=O)N([C@H]2CCNC2)[C@H]1c1ccc(Cl)cc1Cl. The van der Waals surface area contributed by atoms with Crippen LogP contribution in [0.5, 0.6) is 0 Å². The minimum absolute atomic E-state index is 0.0758. The number of carbonyl (C=O) groups is 2. The summed E-state index contributed by atoms with van der Waals surface area (Å²) in [5.41, 5.74) is 5.41. The minimum atomic E-state index is -0.723. The van der Waals surface area contributed by atoms with E-state index < -0.39 is 12.0 Å². The largest absolute Gasteiger partial charge is 0.326 e. The van der Waals surface area contributed by atoms with Crippen molar-refractivity contribution in [3.63, 3.8) is 0 Å². The normalized spacial score (nSPS) is 21.6. The second-order valence-electron chi connectivity index (χ2n) is 8.78. The van der Waals surface area contributed by atoms with Gasteiger partial charge in [0.15, 0.2) is 0 Å². The zero-order valence-electron chi connectivity index (χ0n) is 18.9. The number of nitrogens with one attached hydrogen (secondary N) is 2. The second-order valence-corrected chi connectivity index (χ2v) is 9.62. The van der Waals surface area contributed by atoms with E-state index in [0.717, 1.165) is 18.5 Å². The van der Waals surface area contributed by atoms with Gasteiger partial charge in [0.05, 0.1) is 18.6 Å². The van der Waals surface area contributed by atoms with Crippen LogP contribution in [0.1, 0.15) is 45.4 Å². The lowest BCUT2D eigenvalue weighted by Gasteiger charge is -2.44. The monoisotopic (exact) mass is 509 g/mol. The number of amides is 2. The Balaban J connectivity index is 1.55. The van der Waals surface area contributed by atoms with Gasteiger partial charge in [-0.05, 0) is 47.9 Å². The Labute approximate surface area is 214 Å². The second kappa shape index (κ2) is 10.4. The third-order valence-electron chi connectivity index (χ3n) is 6.62. The van der Waals surface area contributed by atoms with Crippen molar-refractivity contribution in [3.8, 4) is 0 Å². The number of benzene rings is 3. The molecule has 1 fully saturated rings. The highest BCUT2D eigenvalue weighted by Gasteiger charge is 2.47. The highest BCUT2D eigenvalue weighted by atomic mass is 35.5. The van der Waals surface area contributed by atoms with Gasteiger partial charge < -0.3 is 10.2 Å². The molecule has 180 valence electrons. The third kappa shape index (κ3) is 4.80. The Morgan fingerprint density at radius 1 is 1.03 bits per heavy atom. The van der Waals surface area contributed by atoms with Gasteiger partial charge in [0.1, 0.15) is 0 Å². The van der Waals surface area contributed by atoms with Crippen molar-refractivity contribution in [2.24, 2.45) is 0 Å². The van der Waals surface area contributed by atoms with E-state index in [0.29, 0.717) is 33.3 Å². The Hall–Kier alpha value is -2.90. The van der Waals surface area contributed by atoms with Crippen LogP contribution in [0.4, 0.5) is 0 Å². The molecule has 8 heteroatoms. The van der Waals surface area contributed by atoms with Crippen molar-refractivity contribution in [3.05, 3.63) is 105 Å². The van der Waals surface area contributed by atoms with Crippen LogP contribution in [0.25, 0.3) is 0 Å². The average Bonchev–Trinajstić information content (AvgIpc) is 3.39. The van der Waals surface area contributed by atoms with Crippen LogP contribution in [0.3, 0.4) is 0 Å². The number of hydrogen-bond acceptors (Lipinski definition) is 4. The van der Waals surface area contributed by atoms with E-state index in [9.17, 15) is 9.59 Å². The summed E-state index contributed by atoms with van der Waals surface area (Å²) in [4.78, 5) is 34.9. The molecule has 3 atom stereocenters. The summed E-state index contributed by atoms with van der Waals surface area (Å²) in [6.45, 7) is 1.67. The Kier molecular flexibility index (Phi) is 7.07. The van der Waals surface area contributed by atoms with Crippen LogP contribution in [0, 0.1) is 0 Å². The minimum Gasteiger partial charge on any atom is -0.326 e. The van der Waals surface area contributed by atoms with Crippen LogP contribution in [0.2, 0.25) is 10.0 Å². The summed E-state index contributed by atoms with van der Waals surface area (Å²) in [5.74, 6) is -1.17. The van der Waals surface area contributed by atoms with Crippen molar-refractivity contribution in [1.82, 2.24) is 15.7 Å². The highest BCUT2D eigenvalue weighted by molar-refractivity contribution is 6.35. The van der Waals surface area contributed by atoms with E-state index in [1.54, 1.807) is 24.3 Å². The fourth-order valence-corrected chi connectivity index (χ4v) is 5.53. The van der Waals surface area contributed by atoms with Crippen LogP contribution in [-0.2, 0) is 16.2 Å². The zero-order valence-corrected chi connectivity index (χ0v) is 20.4. The van der Waals surface area contributed by atoms with Gasteiger partial charge in [-0.3, -0.25) is 14.4 Å². The van der Waals surface area contributed by atoms with Gasteiger partial charge in [-0.25, -0.2) is 5.48 Å². The molecular weight excluding hydrogens is 485 g/mol. The molecule has 0 saturated carbocycles. The van der Waals surface area contributed by atoms with Crippen molar-refractivity contribution in [2.45, 2.75) is 31.0 Å². The van der Waals surface area contributed by atoms with Crippen molar-refractivity contribution in [2.75, 3.05) is 13.1 Å². The number of hydrogen-bond donors (Lipinski definition) is 2. The number of rotatable bonds is 6. The summed E-state index contributed by atoms with van der Waals surface area (Å²) in [5, 5.41) is 4.23. The molecule has 0 spiro atoms. The smallest absolute Gasteiger partial charge is 0.255 e. The van der Waals surface area contributed by atoms with E-state index >= 15 is 0 Å². The van der Waals surface area contributed by atoms with Gasteiger partial charge in [-0.1, -0.05) is 77.8 Å². The van der Waals surface area contributed by atoms with E-state index in [1.807, 2.05) is 53.4 Å². The molecule has 1 saturated heterocycles. The quantitative estimate of drug-likeness (QED) is 0.464. The number of fused-ring (bicyclic) bond motifs is 1. The van der Waals surface area contributed by atoms with Gasteiger partial charge in [-0.15, -0.1) is 0 Å². The summed E-state index contributed by atoms with van der Waals surface area (Å²) in [7, 11) is 0. The molecule has 2 aliphatic rings. The van der Waals surface area contributed by atoms with Gasteiger partial charge in [0, 0.05) is 28.2 Å². The molecule has 3 aromatic carbocycles. The Bertz CT molecular complexity index is 1230. The van der Waals surface area contributed by atoms with Crippen LogP contribution < -0.4 is 10.8 Å². The third-order valence-corrected chi connectivity index (χ3v) is 7.18. The average molecular weight is 510 g/mol. The van der Waals surface area contributed by atoms with E-state index in [-0.39, 0.29) is 24.5 Å². The Morgan fingerprint density at radius 3 is 2.54 bits per heavy atom. The van der Waals surface area contributed by atoms with Crippen molar-refractivity contribution < 1.29 is 14.4 Å². The molecule has 0 unspecified atom stereocenters. The molecule has 35 heavy (non-hydrogen) atoms. The first-order chi connectivity index (χ1) is 17.0. The van der Waals surface area contributed by atoms with Gasteiger partial charge >= 0.3 is 0 Å².